The minimum atomic E-state index is 0.525. The maximum absolute atomic E-state index is 5.67. The van der Waals surface area contributed by atoms with Gasteiger partial charge in [0, 0.05) is 17.9 Å². The summed E-state index contributed by atoms with van der Waals surface area (Å²) in [5.41, 5.74) is 5.67. The molecule has 1 unspecified atom stereocenters. The van der Waals surface area contributed by atoms with Crippen molar-refractivity contribution < 1.29 is 0 Å². The monoisotopic (exact) mass is 224 g/mol. The summed E-state index contributed by atoms with van der Waals surface area (Å²) in [6.45, 7) is 1.86. The average molecular weight is 224 g/mol. The van der Waals surface area contributed by atoms with Crippen LogP contribution in [0.3, 0.4) is 0 Å². The van der Waals surface area contributed by atoms with Gasteiger partial charge in [-0.1, -0.05) is 0 Å². The zero-order valence-electron chi connectivity index (χ0n) is 8.86. The molecule has 0 aromatic carbocycles. The minimum Gasteiger partial charge on any atom is -0.384 e. The molecule has 0 bridgehead atoms. The van der Waals surface area contributed by atoms with E-state index >= 15 is 0 Å². The van der Waals surface area contributed by atoms with Crippen molar-refractivity contribution in [1.82, 2.24) is 9.97 Å². The molecular weight excluding hydrogens is 208 g/mol. The quantitative estimate of drug-likeness (QED) is 0.800. The summed E-state index contributed by atoms with van der Waals surface area (Å²) in [6.07, 6.45) is 2.50. The Bertz CT molecular complexity index is 316. The molecule has 1 aliphatic heterocycles. The predicted molar refractivity (Wildman–Crippen MR) is 65.2 cm³/mol. The lowest BCUT2D eigenvalue weighted by Gasteiger charge is -2.23. The Kier molecular flexibility index (Phi) is 3.30. The van der Waals surface area contributed by atoms with Crippen LogP contribution >= 0.6 is 11.8 Å². The van der Waals surface area contributed by atoms with Gasteiger partial charge in [-0.3, -0.25) is 0 Å². The third kappa shape index (κ3) is 2.99. The number of aryl methyl sites for hydroxylation is 1. The molecule has 0 spiro atoms. The lowest BCUT2D eigenvalue weighted by Crippen LogP contribution is -2.26. The van der Waals surface area contributed by atoms with E-state index in [1.165, 1.54) is 18.6 Å². The number of aromatic nitrogens is 2. The molecule has 0 amide bonds. The van der Waals surface area contributed by atoms with E-state index < -0.39 is 0 Å². The molecule has 3 N–H and O–H groups in total. The van der Waals surface area contributed by atoms with Gasteiger partial charge < -0.3 is 11.1 Å². The van der Waals surface area contributed by atoms with Crippen molar-refractivity contribution in [3.05, 3.63) is 11.9 Å². The molecule has 1 aromatic heterocycles. The molecule has 82 valence electrons. The second kappa shape index (κ2) is 4.70. The number of hydrogen-bond acceptors (Lipinski definition) is 5. The summed E-state index contributed by atoms with van der Waals surface area (Å²) in [6, 6.07) is 2.32. The number of nitrogen functional groups attached to an aromatic ring is 1. The maximum Gasteiger partial charge on any atom is 0.132 e. The van der Waals surface area contributed by atoms with Crippen LogP contribution < -0.4 is 11.1 Å². The topological polar surface area (TPSA) is 63.8 Å². The van der Waals surface area contributed by atoms with E-state index in [9.17, 15) is 0 Å². The van der Waals surface area contributed by atoms with Gasteiger partial charge in [0.25, 0.3) is 0 Å². The number of nitrogens with zero attached hydrogens (tertiary/aromatic N) is 2. The van der Waals surface area contributed by atoms with Crippen molar-refractivity contribution in [3.63, 3.8) is 0 Å². The molecule has 1 fully saturated rings. The Morgan fingerprint density at radius 3 is 3.07 bits per heavy atom. The van der Waals surface area contributed by atoms with Gasteiger partial charge in [-0.15, -0.1) is 0 Å². The molecule has 1 atom stereocenters. The number of anilines is 2. The summed E-state index contributed by atoms with van der Waals surface area (Å²) in [4.78, 5) is 8.37. The smallest absolute Gasteiger partial charge is 0.132 e. The summed E-state index contributed by atoms with van der Waals surface area (Å²) in [7, 11) is 0. The third-order valence-corrected chi connectivity index (χ3v) is 3.59. The third-order valence-electron chi connectivity index (χ3n) is 2.37. The highest BCUT2D eigenvalue weighted by Gasteiger charge is 2.14. The van der Waals surface area contributed by atoms with Crippen LogP contribution in [0.5, 0.6) is 0 Å². The molecule has 0 aliphatic carbocycles. The first-order valence-electron chi connectivity index (χ1n) is 5.19. The second-order valence-corrected chi connectivity index (χ2v) is 4.93. The molecule has 0 radical (unpaired) electrons. The van der Waals surface area contributed by atoms with Crippen LogP contribution in [0.1, 0.15) is 18.7 Å². The SMILES string of the molecule is Cc1nc(N)cc(NC2CCCSC2)n1. The maximum atomic E-state index is 5.67. The minimum absolute atomic E-state index is 0.525. The van der Waals surface area contributed by atoms with Gasteiger partial charge in [-0.25, -0.2) is 9.97 Å². The van der Waals surface area contributed by atoms with Crippen LogP contribution in [0.4, 0.5) is 11.6 Å². The number of rotatable bonds is 2. The number of thioether (sulfide) groups is 1. The fourth-order valence-electron chi connectivity index (χ4n) is 1.73. The fraction of sp³-hybridized carbons (Fsp3) is 0.600. The molecule has 4 nitrogen and oxygen atoms in total. The largest absolute Gasteiger partial charge is 0.384 e. The summed E-state index contributed by atoms with van der Waals surface area (Å²) in [5.74, 6) is 4.55. The molecule has 2 heterocycles. The van der Waals surface area contributed by atoms with Gasteiger partial charge in [0.15, 0.2) is 0 Å². The number of nitrogens with two attached hydrogens (primary N) is 1. The highest BCUT2D eigenvalue weighted by atomic mass is 32.2. The van der Waals surface area contributed by atoms with Crippen molar-refractivity contribution >= 4 is 23.4 Å². The molecular formula is C10H16N4S. The standard InChI is InChI=1S/C10H16N4S/c1-7-12-9(11)5-10(13-7)14-8-3-2-4-15-6-8/h5,8H,2-4,6H2,1H3,(H3,11,12,13,14). The first kappa shape index (κ1) is 10.5. The van der Waals surface area contributed by atoms with Gasteiger partial charge in [0.2, 0.25) is 0 Å². The average Bonchev–Trinajstić information content (AvgIpc) is 2.17. The number of hydrogen-bond donors (Lipinski definition) is 2. The van der Waals surface area contributed by atoms with Crippen LogP contribution in [0.25, 0.3) is 0 Å². The van der Waals surface area contributed by atoms with E-state index in [-0.39, 0.29) is 0 Å². The lowest BCUT2D eigenvalue weighted by molar-refractivity contribution is 0.681. The Morgan fingerprint density at radius 1 is 1.53 bits per heavy atom. The molecule has 0 saturated carbocycles. The first-order chi connectivity index (χ1) is 7.24. The van der Waals surface area contributed by atoms with Crippen molar-refractivity contribution in [1.29, 1.82) is 0 Å². The van der Waals surface area contributed by atoms with E-state index in [0.29, 0.717) is 11.9 Å². The molecule has 1 saturated heterocycles. The van der Waals surface area contributed by atoms with Gasteiger partial charge in [-0.2, -0.15) is 11.8 Å². The van der Waals surface area contributed by atoms with Crippen molar-refractivity contribution in [2.24, 2.45) is 0 Å². The second-order valence-electron chi connectivity index (χ2n) is 3.78. The van der Waals surface area contributed by atoms with Gasteiger partial charge in [0.1, 0.15) is 17.5 Å². The van der Waals surface area contributed by atoms with Crippen LogP contribution in [-0.4, -0.2) is 27.5 Å². The van der Waals surface area contributed by atoms with Crippen LogP contribution in [0.2, 0.25) is 0 Å². The molecule has 15 heavy (non-hydrogen) atoms. The van der Waals surface area contributed by atoms with E-state index in [4.69, 9.17) is 5.73 Å². The summed E-state index contributed by atoms with van der Waals surface area (Å²) >= 11 is 1.99. The van der Waals surface area contributed by atoms with E-state index in [0.717, 1.165) is 17.4 Å². The highest BCUT2D eigenvalue weighted by molar-refractivity contribution is 7.99. The van der Waals surface area contributed by atoms with Crippen LogP contribution in [0.15, 0.2) is 6.07 Å². The van der Waals surface area contributed by atoms with E-state index in [1.807, 2.05) is 18.7 Å². The van der Waals surface area contributed by atoms with Gasteiger partial charge in [0.05, 0.1) is 0 Å². The van der Waals surface area contributed by atoms with Crippen molar-refractivity contribution in [2.75, 3.05) is 22.6 Å². The Balaban J connectivity index is 2.02. The zero-order valence-corrected chi connectivity index (χ0v) is 9.68. The van der Waals surface area contributed by atoms with Gasteiger partial charge >= 0.3 is 0 Å². The van der Waals surface area contributed by atoms with Crippen LogP contribution in [0, 0.1) is 6.92 Å². The highest BCUT2D eigenvalue weighted by Crippen LogP contribution is 2.20. The van der Waals surface area contributed by atoms with E-state index in [2.05, 4.69) is 15.3 Å². The molecule has 5 heteroatoms. The van der Waals surface area contributed by atoms with Gasteiger partial charge in [-0.05, 0) is 25.5 Å². The molecule has 1 aliphatic rings. The Labute approximate surface area is 94.1 Å². The summed E-state index contributed by atoms with van der Waals surface area (Å²) < 4.78 is 0. The molecule has 1 aromatic rings. The van der Waals surface area contributed by atoms with Crippen LogP contribution in [-0.2, 0) is 0 Å². The fourth-order valence-corrected chi connectivity index (χ4v) is 2.80. The lowest BCUT2D eigenvalue weighted by atomic mass is 10.2. The summed E-state index contributed by atoms with van der Waals surface area (Å²) in [5, 5.41) is 3.41. The van der Waals surface area contributed by atoms with Crippen molar-refractivity contribution in [2.45, 2.75) is 25.8 Å². The zero-order chi connectivity index (χ0) is 10.7. The first-order valence-corrected chi connectivity index (χ1v) is 6.35. The van der Waals surface area contributed by atoms with Crippen molar-refractivity contribution in [3.8, 4) is 0 Å². The predicted octanol–water partition coefficient (Wildman–Crippen LogP) is 1.67. The Morgan fingerprint density at radius 2 is 2.40 bits per heavy atom. The van der Waals surface area contributed by atoms with E-state index in [1.54, 1.807) is 6.07 Å². The Hall–Kier alpha value is -0.970. The molecule has 2 rings (SSSR count). The number of nitrogens with one attached hydrogen (secondary N) is 1. The normalized spacial score (nSPS) is 21.3.